The van der Waals surface area contributed by atoms with Crippen LogP contribution in [0.3, 0.4) is 0 Å². The maximum Gasteiger partial charge on any atom is 0.261 e. The fourth-order valence-corrected chi connectivity index (χ4v) is 3.72. The number of pyridine rings is 1. The van der Waals surface area contributed by atoms with E-state index in [1.54, 1.807) is 31.0 Å². The molecule has 0 aliphatic carbocycles. The predicted molar refractivity (Wildman–Crippen MR) is 103 cm³/mol. The fourth-order valence-electron chi connectivity index (χ4n) is 3.72. The zero-order valence-corrected chi connectivity index (χ0v) is 15.6. The van der Waals surface area contributed by atoms with Gasteiger partial charge in [0.05, 0.1) is 19.0 Å². The van der Waals surface area contributed by atoms with Crippen molar-refractivity contribution >= 4 is 11.0 Å². The first-order chi connectivity index (χ1) is 13.0. The molecule has 3 aromatic rings. The second-order valence-corrected chi connectivity index (χ2v) is 7.12. The summed E-state index contributed by atoms with van der Waals surface area (Å²) in [6.45, 7) is 1.78. The van der Waals surface area contributed by atoms with E-state index in [0.717, 1.165) is 29.8 Å². The summed E-state index contributed by atoms with van der Waals surface area (Å²) in [7, 11) is 3.36. The van der Waals surface area contributed by atoms with Crippen molar-refractivity contribution in [2.24, 2.45) is 7.05 Å². The van der Waals surface area contributed by atoms with Gasteiger partial charge in [-0.15, -0.1) is 0 Å². The zero-order chi connectivity index (χ0) is 19.0. The fraction of sp³-hybridized carbons (Fsp3) is 0.381. The highest BCUT2D eigenvalue weighted by Gasteiger charge is 2.21. The van der Waals surface area contributed by atoms with Gasteiger partial charge < -0.3 is 13.7 Å². The summed E-state index contributed by atoms with van der Waals surface area (Å²) in [6, 6.07) is 9.44. The number of ether oxygens (including phenoxy) is 1. The van der Waals surface area contributed by atoms with Crippen molar-refractivity contribution < 1.29 is 13.5 Å². The molecule has 0 amide bonds. The number of hydrogen-bond donors (Lipinski definition) is 0. The molecule has 1 aliphatic rings. The number of fused-ring (bicyclic) bond motifs is 1. The number of piperidine rings is 1. The van der Waals surface area contributed by atoms with Gasteiger partial charge in [-0.3, -0.25) is 9.69 Å². The summed E-state index contributed by atoms with van der Waals surface area (Å²) < 4.78 is 26.5. The van der Waals surface area contributed by atoms with Crippen molar-refractivity contribution in [3.63, 3.8) is 0 Å². The van der Waals surface area contributed by atoms with Gasteiger partial charge in [0.25, 0.3) is 5.56 Å². The van der Waals surface area contributed by atoms with Gasteiger partial charge in [0, 0.05) is 25.4 Å². The smallest absolute Gasteiger partial charge is 0.261 e. The van der Waals surface area contributed by atoms with Gasteiger partial charge in [0.15, 0.2) is 0 Å². The first-order valence-corrected chi connectivity index (χ1v) is 9.18. The Morgan fingerprint density at radius 3 is 2.78 bits per heavy atom. The number of alkyl halides is 1. The minimum absolute atomic E-state index is 0.0979. The molecule has 1 aromatic carbocycles. The molecule has 0 N–H and O–H groups in total. The van der Waals surface area contributed by atoms with Crippen LogP contribution in [-0.2, 0) is 13.6 Å². The van der Waals surface area contributed by atoms with Crippen molar-refractivity contribution in [1.82, 2.24) is 9.47 Å². The van der Waals surface area contributed by atoms with Gasteiger partial charge in [-0.05, 0) is 43.1 Å². The molecule has 0 radical (unpaired) electrons. The molecule has 4 rings (SSSR count). The Kier molecular flexibility index (Phi) is 4.74. The molecule has 6 heteroatoms. The van der Waals surface area contributed by atoms with E-state index >= 15 is 0 Å². The van der Waals surface area contributed by atoms with Gasteiger partial charge in [0.1, 0.15) is 23.3 Å². The highest BCUT2D eigenvalue weighted by Crippen LogP contribution is 2.31. The Morgan fingerprint density at radius 2 is 2.07 bits per heavy atom. The number of halogens is 1. The second kappa shape index (κ2) is 7.19. The van der Waals surface area contributed by atoms with Crippen molar-refractivity contribution in [2.45, 2.75) is 25.6 Å². The minimum atomic E-state index is -0.786. The van der Waals surface area contributed by atoms with E-state index in [1.165, 1.54) is 0 Å². The summed E-state index contributed by atoms with van der Waals surface area (Å²) in [4.78, 5) is 14.6. The Labute approximate surface area is 157 Å². The summed E-state index contributed by atoms with van der Waals surface area (Å²) in [5.41, 5.74) is 2.27. The third-order valence-electron chi connectivity index (χ3n) is 5.13. The Morgan fingerprint density at radius 1 is 1.30 bits per heavy atom. The molecule has 3 heterocycles. The number of aryl methyl sites for hydroxylation is 1. The molecule has 1 saturated heterocycles. The molecule has 1 fully saturated rings. The van der Waals surface area contributed by atoms with Gasteiger partial charge >= 0.3 is 0 Å². The van der Waals surface area contributed by atoms with Crippen LogP contribution in [0.4, 0.5) is 4.39 Å². The Bertz CT molecular complexity index is 1010. The van der Waals surface area contributed by atoms with E-state index in [2.05, 4.69) is 0 Å². The number of benzene rings is 1. The van der Waals surface area contributed by atoms with E-state index in [1.807, 2.05) is 29.2 Å². The monoisotopic (exact) mass is 370 g/mol. The zero-order valence-electron chi connectivity index (χ0n) is 15.6. The van der Waals surface area contributed by atoms with E-state index in [-0.39, 0.29) is 5.56 Å². The van der Waals surface area contributed by atoms with Crippen molar-refractivity contribution in [3.8, 4) is 16.9 Å². The topological polar surface area (TPSA) is 47.6 Å². The first-order valence-electron chi connectivity index (χ1n) is 9.18. The number of rotatable bonds is 4. The van der Waals surface area contributed by atoms with E-state index < -0.39 is 6.17 Å². The molecule has 27 heavy (non-hydrogen) atoms. The highest BCUT2D eigenvalue weighted by molar-refractivity contribution is 5.92. The Hall–Kier alpha value is -2.60. The maximum atomic E-state index is 13.7. The summed E-state index contributed by atoms with van der Waals surface area (Å²) in [5, 5.41) is 0.551. The summed E-state index contributed by atoms with van der Waals surface area (Å²) in [6.07, 6.45) is 2.47. The highest BCUT2D eigenvalue weighted by atomic mass is 19.1. The SMILES string of the molecule is COc1ccc(-c2cn(C)c(=O)c3cc(CN4CCCC(F)C4)oc23)cc1. The van der Waals surface area contributed by atoms with Crippen LogP contribution < -0.4 is 10.3 Å². The first kappa shape index (κ1) is 17.8. The lowest BCUT2D eigenvalue weighted by atomic mass is 10.1. The molecular formula is C21H23FN2O3. The van der Waals surface area contributed by atoms with Crippen LogP contribution in [0, 0.1) is 0 Å². The number of nitrogens with zero attached hydrogens (tertiary/aromatic N) is 2. The standard InChI is InChI=1S/C21H23FN2O3/c1-23-13-19(14-5-7-16(26-2)8-6-14)20-18(21(23)25)10-17(27-20)12-24-9-3-4-15(22)11-24/h5-8,10,13,15H,3-4,9,11-12H2,1-2H3. The maximum absolute atomic E-state index is 13.7. The number of aromatic nitrogens is 1. The molecular weight excluding hydrogens is 347 g/mol. The average molecular weight is 370 g/mol. The normalized spacial score (nSPS) is 18.1. The van der Waals surface area contributed by atoms with Crippen LogP contribution in [0.5, 0.6) is 5.75 Å². The van der Waals surface area contributed by atoms with Crippen LogP contribution >= 0.6 is 0 Å². The average Bonchev–Trinajstić information content (AvgIpc) is 3.09. The Balaban J connectivity index is 1.74. The molecule has 1 aliphatic heterocycles. The number of methoxy groups -OCH3 is 1. The quantitative estimate of drug-likeness (QED) is 0.702. The minimum Gasteiger partial charge on any atom is -0.497 e. The lowest BCUT2D eigenvalue weighted by Crippen LogP contribution is -2.35. The molecule has 5 nitrogen and oxygen atoms in total. The van der Waals surface area contributed by atoms with Gasteiger partial charge in [-0.25, -0.2) is 4.39 Å². The van der Waals surface area contributed by atoms with Crippen LogP contribution in [0.15, 0.2) is 45.7 Å². The molecule has 0 spiro atoms. The van der Waals surface area contributed by atoms with Crippen molar-refractivity contribution in [2.75, 3.05) is 20.2 Å². The lowest BCUT2D eigenvalue weighted by Gasteiger charge is -2.27. The van der Waals surface area contributed by atoms with Gasteiger partial charge in [-0.1, -0.05) is 12.1 Å². The molecule has 1 unspecified atom stereocenters. The van der Waals surface area contributed by atoms with E-state index in [4.69, 9.17) is 9.15 Å². The van der Waals surface area contributed by atoms with Crippen LogP contribution in [0.1, 0.15) is 18.6 Å². The third kappa shape index (κ3) is 3.49. The summed E-state index contributed by atoms with van der Waals surface area (Å²) in [5.74, 6) is 1.46. The number of hydrogen-bond acceptors (Lipinski definition) is 4. The third-order valence-corrected chi connectivity index (χ3v) is 5.13. The predicted octanol–water partition coefficient (Wildman–Crippen LogP) is 3.74. The van der Waals surface area contributed by atoms with Crippen molar-refractivity contribution in [1.29, 1.82) is 0 Å². The second-order valence-electron chi connectivity index (χ2n) is 7.12. The van der Waals surface area contributed by atoms with Crippen molar-refractivity contribution in [3.05, 3.63) is 52.6 Å². The molecule has 0 bridgehead atoms. The number of furan rings is 1. The van der Waals surface area contributed by atoms with Crippen LogP contribution in [0.25, 0.3) is 22.1 Å². The largest absolute Gasteiger partial charge is 0.497 e. The summed E-state index contributed by atoms with van der Waals surface area (Å²) >= 11 is 0. The number of likely N-dealkylation sites (tertiary alicyclic amines) is 1. The van der Waals surface area contributed by atoms with E-state index in [0.29, 0.717) is 36.2 Å². The van der Waals surface area contributed by atoms with Crippen LogP contribution in [0.2, 0.25) is 0 Å². The van der Waals surface area contributed by atoms with Gasteiger partial charge in [-0.2, -0.15) is 0 Å². The van der Waals surface area contributed by atoms with Crippen LogP contribution in [-0.4, -0.2) is 35.8 Å². The van der Waals surface area contributed by atoms with Gasteiger partial charge in [0.2, 0.25) is 0 Å². The molecule has 0 saturated carbocycles. The molecule has 2 aromatic heterocycles. The lowest BCUT2D eigenvalue weighted by molar-refractivity contribution is 0.126. The molecule has 142 valence electrons. The van der Waals surface area contributed by atoms with E-state index in [9.17, 15) is 9.18 Å². The molecule has 1 atom stereocenters.